The predicted molar refractivity (Wildman–Crippen MR) is 146 cm³/mol. The monoisotopic (exact) mass is 693 g/mol. The molecule has 0 spiro atoms. The molecule has 3 saturated heterocycles. The van der Waals surface area contributed by atoms with Gasteiger partial charge in [-0.3, -0.25) is 4.79 Å². The number of hydrogen-bond donors (Lipinski definition) is 14. The summed E-state index contributed by atoms with van der Waals surface area (Å²) in [5.41, 5.74) is 0. The highest BCUT2D eigenvalue weighted by atomic mass is 16.8. The van der Waals surface area contributed by atoms with E-state index in [1.54, 1.807) is 0 Å². The molecule has 0 bridgehead atoms. The van der Waals surface area contributed by atoms with Crippen molar-refractivity contribution < 1.29 is 99.6 Å². The van der Waals surface area contributed by atoms with E-state index in [0.29, 0.717) is 0 Å². The molecule has 276 valence electrons. The lowest BCUT2D eigenvalue weighted by molar-refractivity contribution is -0.396. The first-order valence-corrected chi connectivity index (χ1v) is 14.9. The molecule has 0 aromatic heterocycles. The minimum absolute atomic E-state index is 0.728. The Kier molecular flexibility index (Phi) is 15.0. The summed E-state index contributed by atoms with van der Waals surface area (Å²) in [5.74, 6) is -0.728. The van der Waals surface area contributed by atoms with Crippen LogP contribution in [-0.2, 0) is 33.2 Å². The normalized spacial score (nSPS) is 43.9. The molecule has 21 nitrogen and oxygen atoms in total. The van der Waals surface area contributed by atoms with Crippen molar-refractivity contribution in [1.29, 1.82) is 0 Å². The first-order valence-electron chi connectivity index (χ1n) is 14.9. The lowest BCUT2D eigenvalue weighted by Gasteiger charge is -2.49. The van der Waals surface area contributed by atoms with Gasteiger partial charge in [0.05, 0.1) is 38.6 Å². The van der Waals surface area contributed by atoms with Gasteiger partial charge < -0.3 is 100 Å². The van der Waals surface area contributed by atoms with E-state index < -0.39 is 149 Å². The standard InChI is InChI=1S/C26H47NO20/c1-7-13(34)17(38)19(40)24(42-7)47-23-22(46-25-20(41)18(39)15(36)11(5-30)43-25)16(37)12(6-31)44-26(23)45-21(14(35)10(33)4-29)9(3-28)27-8(2)32/h7,9-26,28-31,33-41H,3-6H2,1-2H3,(H,27,32)/t7-,9-,10+,11+,12+,13+,14-,15-,16-,17+,18-,19-,20+,21+,22-,23+,24-,25-,26-/m0/s1. The van der Waals surface area contributed by atoms with Crippen LogP contribution in [0.2, 0.25) is 0 Å². The number of rotatable bonds is 14. The van der Waals surface area contributed by atoms with Crippen LogP contribution < -0.4 is 5.32 Å². The Balaban J connectivity index is 2.08. The number of carbonyl (C=O) groups excluding carboxylic acids is 1. The number of aliphatic hydroxyl groups is 13. The van der Waals surface area contributed by atoms with Crippen LogP contribution in [0, 0.1) is 0 Å². The smallest absolute Gasteiger partial charge is 0.217 e. The third kappa shape index (κ3) is 9.09. The highest BCUT2D eigenvalue weighted by molar-refractivity contribution is 5.73. The van der Waals surface area contributed by atoms with Crippen LogP contribution in [-0.4, -0.2) is 215 Å². The Morgan fingerprint density at radius 1 is 0.681 bits per heavy atom. The number of amides is 1. The largest absolute Gasteiger partial charge is 0.394 e. The van der Waals surface area contributed by atoms with Gasteiger partial charge in [-0.1, -0.05) is 0 Å². The van der Waals surface area contributed by atoms with Crippen LogP contribution in [0.3, 0.4) is 0 Å². The van der Waals surface area contributed by atoms with Crippen molar-refractivity contribution in [1.82, 2.24) is 5.32 Å². The van der Waals surface area contributed by atoms with Crippen LogP contribution >= 0.6 is 0 Å². The zero-order chi connectivity index (χ0) is 35.3. The van der Waals surface area contributed by atoms with Crippen molar-refractivity contribution in [3.63, 3.8) is 0 Å². The van der Waals surface area contributed by atoms with Gasteiger partial charge in [-0.25, -0.2) is 0 Å². The van der Waals surface area contributed by atoms with E-state index >= 15 is 0 Å². The summed E-state index contributed by atoms with van der Waals surface area (Å²) in [6.45, 7) is -1.36. The van der Waals surface area contributed by atoms with Gasteiger partial charge in [-0.2, -0.15) is 0 Å². The molecule has 3 fully saturated rings. The first kappa shape index (κ1) is 40.1. The fourth-order valence-corrected chi connectivity index (χ4v) is 5.45. The summed E-state index contributed by atoms with van der Waals surface area (Å²) >= 11 is 0. The van der Waals surface area contributed by atoms with Crippen LogP contribution in [0.15, 0.2) is 0 Å². The Labute approximate surface area is 268 Å². The van der Waals surface area contributed by atoms with Gasteiger partial charge in [0.2, 0.25) is 5.91 Å². The van der Waals surface area contributed by atoms with Gasteiger partial charge in [-0.05, 0) is 6.92 Å². The molecule has 0 saturated carbocycles. The van der Waals surface area contributed by atoms with Crippen molar-refractivity contribution >= 4 is 5.91 Å². The average molecular weight is 694 g/mol. The molecular weight excluding hydrogens is 646 g/mol. The molecule has 0 radical (unpaired) electrons. The van der Waals surface area contributed by atoms with Gasteiger partial charge in [-0.15, -0.1) is 0 Å². The van der Waals surface area contributed by atoms with Gasteiger partial charge >= 0.3 is 0 Å². The van der Waals surface area contributed by atoms with Crippen LogP contribution in [0.25, 0.3) is 0 Å². The Morgan fingerprint density at radius 3 is 1.72 bits per heavy atom. The van der Waals surface area contributed by atoms with Gasteiger partial charge in [0.15, 0.2) is 18.9 Å². The lowest BCUT2D eigenvalue weighted by atomic mass is 9.95. The highest BCUT2D eigenvalue weighted by Gasteiger charge is 2.55. The van der Waals surface area contributed by atoms with Crippen LogP contribution in [0.1, 0.15) is 13.8 Å². The lowest BCUT2D eigenvalue weighted by Crippen LogP contribution is -2.68. The van der Waals surface area contributed by atoms with E-state index in [2.05, 4.69) is 5.32 Å². The molecular formula is C26H47NO20. The zero-order valence-corrected chi connectivity index (χ0v) is 25.5. The molecule has 0 unspecified atom stereocenters. The second-order valence-electron chi connectivity index (χ2n) is 11.6. The van der Waals surface area contributed by atoms with Gasteiger partial charge in [0.1, 0.15) is 85.5 Å². The third-order valence-electron chi connectivity index (χ3n) is 8.23. The fourth-order valence-electron chi connectivity index (χ4n) is 5.45. The second-order valence-corrected chi connectivity index (χ2v) is 11.6. The molecule has 14 N–H and O–H groups in total. The number of nitrogens with one attached hydrogen (secondary N) is 1. The summed E-state index contributed by atoms with van der Waals surface area (Å²) < 4.78 is 34.1. The molecule has 47 heavy (non-hydrogen) atoms. The summed E-state index contributed by atoms with van der Waals surface area (Å²) in [6.07, 6.45) is -32.8. The van der Waals surface area contributed by atoms with Crippen molar-refractivity contribution in [2.75, 3.05) is 26.4 Å². The van der Waals surface area contributed by atoms with E-state index in [1.807, 2.05) is 0 Å². The fraction of sp³-hybridized carbons (Fsp3) is 0.962. The highest BCUT2D eigenvalue weighted by Crippen LogP contribution is 2.34. The topological polar surface area (TPSA) is 347 Å². The zero-order valence-electron chi connectivity index (χ0n) is 25.5. The van der Waals surface area contributed by atoms with Crippen molar-refractivity contribution in [2.24, 2.45) is 0 Å². The van der Waals surface area contributed by atoms with Crippen LogP contribution in [0.5, 0.6) is 0 Å². The summed E-state index contributed by atoms with van der Waals surface area (Å²) in [4.78, 5) is 11.9. The Hall–Kier alpha value is -1.29. The molecule has 19 atom stereocenters. The number of carbonyl (C=O) groups is 1. The minimum atomic E-state index is -2.06. The summed E-state index contributed by atoms with van der Waals surface area (Å²) in [5, 5.41) is 136. The molecule has 3 aliphatic heterocycles. The maximum atomic E-state index is 11.9. The molecule has 21 heteroatoms. The van der Waals surface area contributed by atoms with Gasteiger partial charge in [0.25, 0.3) is 0 Å². The molecule has 0 aromatic rings. The Bertz CT molecular complexity index is 965. The summed E-state index contributed by atoms with van der Waals surface area (Å²) in [6, 6.07) is -1.51. The van der Waals surface area contributed by atoms with Crippen molar-refractivity contribution in [3.05, 3.63) is 0 Å². The van der Waals surface area contributed by atoms with E-state index in [4.69, 9.17) is 28.4 Å². The minimum Gasteiger partial charge on any atom is -0.394 e. The predicted octanol–water partition coefficient (Wildman–Crippen LogP) is -8.94. The number of ether oxygens (including phenoxy) is 6. The maximum absolute atomic E-state index is 11.9. The molecule has 1 amide bonds. The first-order chi connectivity index (χ1) is 22.1. The Morgan fingerprint density at radius 2 is 1.19 bits per heavy atom. The van der Waals surface area contributed by atoms with Gasteiger partial charge in [0, 0.05) is 6.92 Å². The molecule has 0 aromatic carbocycles. The summed E-state index contributed by atoms with van der Waals surface area (Å²) in [7, 11) is 0. The second kappa shape index (κ2) is 17.6. The maximum Gasteiger partial charge on any atom is 0.217 e. The van der Waals surface area contributed by atoms with E-state index in [1.165, 1.54) is 6.92 Å². The molecule has 3 heterocycles. The van der Waals surface area contributed by atoms with Crippen LogP contribution in [0.4, 0.5) is 0 Å². The SMILES string of the molecule is CC(=O)N[C@@H](CO)[C@@H](O[C@@H]1O[C@H](CO)[C@H](O)[C@H](O[C@@H]2O[C@H](CO)[C@H](O)[C@H](O)[C@H]2O)[C@H]1O[C@@H]1O[C@@H](C)[C@@H](O)[C@@H](O)[C@@H]1O)[C@@H](O)[C@H](O)CO. The van der Waals surface area contributed by atoms with Crippen molar-refractivity contribution in [3.8, 4) is 0 Å². The molecule has 3 aliphatic rings. The third-order valence-corrected chi connectivity index (χ3v) is 8.23. The molecule has 3 rings (SSSR count). The van der Waals surface area contributed by atoms with E-state index in [9.17, 15) is 71.2 Å². The quantitative estimate of drug-likeness (QED) is 0.0803. The number of hydrogen-bond acceptors (Lipinski definition) is 20. The van der Waals surface area contributed by atoms with E-state index in [-0.39, 0.29) is 0 Å². The molecule has 0 aliphatic carbocycles. The van der Waals surface area contributed by atoms with E-state index in [0.717, 1.165) is 6.92 Å². The number of aliphatic hydroxyl groups excluding tert-OH is 13. The average Bonchev–Trinajstić information content (AvgIpc) is 3.05. The van der Waals surface area contributed by atoms with Crippen molar-refractivity contribution in [2.45, 2.75) is 130 Å².